The second-order valence-electron chi connectivity index (χ2n) is 2.92. The van der Waals surface area contributed by atoms with Crippen LogP contribution in [0.15, 0.2) is 18.7 Å². The number of carbonyl (C=O) groups excluding carboxylic acids is 1. The number of aliphatic carboxylic acids is 1. The Morgan fingerprint density at radius 2 is 2.20 bits per heavy atom. The Kier molecular flexibility index (Phi) is 2.20. The lowest BCUT2D eigenvalue weighted by Gasteiger charge is -2.10. The molecule has 1 aliphatic heterocycles. The maximum absolute atomic E-state index is 11.3. The van der Waals surface area contributed by atoms with Crippen LogP contribution < -0.4 is 4.90 Å². The van der Waals surface area contributed by atoms with E-state index in [4.69, 9.17) is 5.11 Å². The highest BCUT2D eigenvalue weighted by Crippen LogP contribution is 2.19. The van der Waals surface area contributed by atoms with E-state index < -0.39 is 18.2 Å². The Morgan fingerprint density at radius 3 is 2.73 bits per heavy atom. The van der Waals surface area contributed by atoms with E-state index in [-0.39, 0.29) is 6.54 Å². The van der Waals surface area contributed by atoms with E-state index in [2.05, 4.69) is 14.7 Å². The summed E-state index contributed by atoms with van der Waals surface area (Å²) in [5, 5.41) is 8.66. The molecule has 2 rings (SSSR count). The number of hydrogen-bond acceptors (Lipinski definition) is 5. The molecule has 1 saturated heterocycles. The SMILES string of the molecule is O=C(O)C1CN(c2cncnc2)C(=O)O1. The fourth-order valence-electron chi connectivity index (χ4n) is 1.23. The van der Waals surface area contributed by atoms with Crippen molar-refractivity contribution in [3.63, 3.8) is 0 Å². The first kappa shape index (κ1) is 9.38. The first-order valence-electron chi connectivity index (χ1n) is 4.14. The predicted molar refractivity (Wildman–Crippen MR) is 47.3 cm³/mol. The van der Waals surface area contributed by atoms with Crippen molar-refractivity contribution in [3.8, 4) is 0 Å². The van der Waals surface area contributed by atoms with Crippen LogP contribution in [-0.2, 0) is 9.53 Å². The lowest BCUT2D eigenvalue weighted by molar-refractivity contribution is -0.144. The molecular formula is C8H7N3O4. The molecule has 78 valence electrons. The van der Waals surface area contributed by atoms with Crippen LogP contribution in [0.3, 0.4) is 0 Å². The standard InChI is InChI=1S/C8H7N3O4/c12-7(13)6-3-11(8(14)15-6)5-1-9-4-10-2-5/h1-2,4,6H,3H2,(H,12,13). The molecule has 1 fully saturated rings. The molecule has 7 nitrogen and oxygen atoms in total. The highest BCUT2D eigenvalue weighted by atomic mass is 16.6. The highest BCUT2D eigenvalue weighted by Gasteiger charge is 2.37. The van der Waals surface area contributed by atoms with Crippen LogP contribution in [0.25, 0.3) is 0 Å². The topological polar surface area (TPSA) is 92.6 Å². The Labute approximate surface area is 84.3 Å². The number of ether oxygens (including phenoxy) is 1. The van der Waals surface area contributed by atoms with Crippen molar-refractivity contribution >= 4 is 17.7 Å². The molecule has 1 aromatic heterocycles. The zero-order chi connectivity index (χ0) is 10.8. The molecule has 0 bridgehead atoms. The van der Waals surface area contributed by atoms with Gasteiger partial charge in [-0.3, -0.25) is 4.90 Å². The van der Waals surface area contributed by atoms with E-state index in [1.54, 1.807) is 0 Å². The molecule has 0 radical (unpaired) electrons. The zero-order valence-corrected chi connectivity index (χ0v) is 7.53. The minimum atomic E-state index is -1.16. The molecule has 0 aliphatic carbocycles. The number of nitrogens with zero attached hydrogens (tertiary/aromatic N) is 3. The fraction of sp³-hybridized carbons (Fsp3) is 0.250. The largest absolute Gasteiger partial charge is 0.478 e. The molecular weight excluding hydrogens is 202 g/mol. The zero-order valence-electron chi connectivity index (χ0n) is 7.53. The van der Waals surface area contributed by atoms with Gasteiger partial charge < -0.3 is 9.84 Å². The van der Waals surface area contributed by atoms with Crippen molar-refractivity contribution in [2.75, 3.05) is 11.4 Å². The number of carboxylic acid groups (broad SMARTS) is 1. The van der Waals surface area contributed by atoms with Crippen molar-refractivity contribution in [1.29, 1.82) is 0 Å². The lowest BCUT2D eigenvalue weighted by atomic mass is 10.3. The average molecular weight is 209 g/mol. The monoisotopic (exact) mass is 209 g/mol. The smallest absolute Gasteiger partial charge is 0.415 e. The first-order chi connectivity index (χ1) is 7.18. The predicted octanol–water partition coefficient (Wildman–Crippen LogP) is -0.114. The summed E-state index contributed by atoms with van der Waals surface area (Å²) in [7, 11) is 0. The number of amides is 1. The second kappa shape index (κ2) is 3.52. The van der Waals surface area contributed by atoms with Gasteiger partial charge in [0.25, 0.3) is 0 Å². The van der Waals surface area contributed by atoms with E-state index in [0.29, 0.717) is 5.69 Å². The summed E-state index contributed by atoms with van der Waals surface area (Å²) in [5.74, 6) is -1.16. The van der Waals surface area contributed by atoms with Crippen LogP contribution in [-0.4, -0.2) is 39.8 Å². The quantitative estimate of drug-likeness (QED) is 0.730. The van der Waals surface area contributed by atoms with Crippen molar-refractivity contribution in [1.82, 2.24) is 9.97 Å². The van der Waals surface area contributed by atoms with Gasteiger partial charge in [-0.05, 0) is 0 Å². The van der Waals surface area contributed by atoms with Crippen LogP contribution in [0, 0.1) is 0 Å². The number of aromatic nitrogens is 2. The van der Waals surface area contributed by atoms with E-state index in [1.807, 2.05) is 0 Å². The summed E-state index contributed by atoms with van der Waals surface area (Å²) < 4.78 is 4.62. The first-order valence-corrected chi connectivity index (χ1v) is 4.14. The maximum atomic E-state index is 11.3. The molecule has 7 heteroatoms. The molecule has 0 aromatic carbocycles. The van der Waals surface area contributed by atoms with Gasteiger partial charge in [-0.15, -0.1) is 0 Å². The Bertz CT molecular complexity index is 394. The van der Waals surface area contributed by atoms with Crippen molar-refractivity contribution in [2.24, 2.45) is 0 Å². The van der Waals surface area contributed by atoms with Gasteiger partial charge in [-0.25, -0.2) is 19.6 Å². The van der Waals surface area contributed by atoms with E-state index >= 15 is 0 Å². The number of hydrogen-bond donors (Lipinski definition) is 1. The summed E-state index contributed by atoms with van der Waals surface area (Å²) in [6.07, 6.45) is 2.33. The molecule has 1 aromatic rings. The Hall–Kier alpha value is -2.18. The second-order valence-corrected chi connectivity index (χ2v) is 2.92. The number of carbonyl (C=O) groups is 2. The van der Waals surface area contributed by atoms with Gasteiger partial charge in [-0.1, -0.05) is 0 Å². The average Bonchev–Trinajstić information content (AvgIpc) is 2.62. The van der Waals surface area contributed by atoms with Crippen molar-refractivity contribution in [3.05, 3.63) is 18.7 Å². The molecule has 1 unspecified atom stereocenters. The van der Waals surface area contributed by atoms with Gasteiger partial charge in [0, 0.05) is 0 Å². The molecule has 1 aliphatic rings. The van der Waals surface area contributed by atoms with Gasteiger partial charge in [0.1, 0.15) is 6.33 Å². The Morgan fingerprint density at radius 1 is 1.53 bits per heavy atom. The number of rotatable bonds is 2. The lowest BCUT2D eigenvalue weighted by Crippen LogP contribution is -2.27. The Balaban J connectivity index is 2.19. The third-order valence-electron chi connectivity index (χ3n) is 1.95. The number of cyclic esters (lactones) is 1. The molecule has 1 atom stereocenters. The number of carboxylic acids is 1. The summed E-state index contributed by atoms with van der Waals surface area (Å²) >= 11 is 0. The third-order valence-corrected chi connectivity index (χ3v) is 1.95. The summed E-state index contributed by atoms with van der Waals surface area (Å²) in [4.78, 5) is 30.5. The summed E-state index contributed by atoms with van der Waals surface area (Å²) in [6, 6.07) is 0. The van der Waals surface area contributed by atoms with E-state index in [0.717, 1.165) is 0 Å². The summed E-state index contributed by atoms with van der Waals surface area (Å²) in [6.45, 7) is -0.0263. The minimum Gasteiger partial charge on any atom is -0.478 e. The molecule has 1 amide bonds. The molecule has 0 spiro atoms. The molecule has 0 saturated carbocycles. The van der Waals surface area contributed by atoms with Crippen molar-refractivity contribution < 1.29 is 19.4 Å². The van der Waals surface area contributed by atoms with Crippen LogP contribution in [0.1, 0.15) is 0 Å². The number of anilines is 1. The van der Waals surface area contributed by atoms with E-state index in [1.165, 1.54) is 23.6 Å². The van der Waals surface area contributed by atoms with Gasteiger partial charge in [-0.2, -0.15) is 0 Å². The van der Waals surface area contributed by atoms with Crippen LogP contribution in [0.4, 0.5) is 10.5 Å². The third kappa shape index (κ3) is 1.71. The molecule has 2 heterocycles. The normalized spacial score (nSPS) is 20.1. The van der Waals surface area contributed by atoms with Crippen LogP contribution >= 0.6 is 0 Å². The minimum absolute atomic E-state index is 0.0263. The van der Waals surface area contributed by atoms with Gasteiger partial charge in [0.2, 0.25) is 6.10 Å². The fourth-order valence-corrected chi connectivity index (χ4v) is 1.23. The van der Waals surface area contributed by atoms with Crippen LogP contribution in [0.2, 0.25) is 0 Å². The van der Waals surface area contributed by atoms with Gasteiger partial charge >= 0.3 is 12.1 Å². The van der Waals surface area contributed by atoms with Crippen molar-refractivity contribution in [2.45, 2.75) is 6.10 Å². The summed E-state index contributed by atoms with van der Waals surface area (Å²) in [5.41, 5.74) is 0.422. The van der Waals surface area contributed by atoms with E-state index in [9.17, 15) is 9.59 Å². The van der Waals surface area contributed by atoms with Gasteiger partial charge in [0.15, 0.2) is 0 Å². The van der Waals surface area contributed by atoms with Gasteiger partial charge in [0.05, 0.1) is 24.6 Å². The molecule has 15 heavy (non-hydrogen) atoms. The molecule has 1 N–H and O–H groups in total. The maximum Gasteiger partial charge on any atom is 0.415 e. The van der Waals surface area contributed by atoms with Crippen LogP contribution in [0.5, 0.6) is 0 Å². The highest BCUT2D eigenvalue weighted by molar-refractivity contribution is 5.93.